The smallest absolute Gasteiger partial charge is 0.218 e. The first-order valence-electron chi connectivity index (χ1n) is 10.1. The van der Waals surface area contributed by atoms with Crippen LogP contribution in [0.25, 0.3) is 22.2 Å². The molecule has 2 aromatic heterocycles. The van der Waals surface area contributed by atoms with Crippen LogP contribution in [0.1, 0.15) is 35.6 Å². The number of nitrogens with zero attached hydrogens (tertiary/aromatic N) is 2. The van der Waals surface area contributed by atoms with Crippen molar-refractivity contribution in [3.05, 3.63) is 96.3 Å². The van der Waals surface area contributed by atoms with Crippen molar-refractivity contribution in [2.75, 3.05) is 0 Å². The summed E-state index contributed by atoms with van der Waals surface area (Å²) in [6.07, 6.45) is 8.57. The standard InChI is InChI=1S/C25H22N4O/c1-16(11-17-5-3-2-4-6-17)30-25(26)19-9-10-22-20(12-19)21(13-28-22)24-15-27-14-23(29-24)18-7-8-18/h2-6,9-10,12-15,18,26,28H,1,7-8,11H2. The highest BCUT2D eigenvalue weighted by molar-refractivity contribution is 6.01. The average molecular weight is 394 g/mol. The van der Waals surface area contributed by atoms with E-state index in [1.165, 1.54) is 12.8 Å². The number of ether oxygens (including phenoxy) is 1. The van der Waals surface area contributed by atoms with Crippen LogP contribution < -0.4 is 0 Å². The summed E-state index contributed by atoms with van der Waals surface area (Å²) in [6, 6.07) is 15.8. The zero-order valence-corrected chi connectivity index (χ0v) is 16.6. The van der Waals surface area contributed by atoms with Crippen molar-refractivity contribution in [2.45, 2.75) is 25.2 Å². The molecule has 0 amide bonds. The van der Waals surface area contributed by atoms with Crippen molar-refractivity contribution in [1.29, 1.82) is 5.41 Å². The van der Waals surface area contributed by atoms with Gasteiger partial charge < -0.3 is 9.72 Å². The molecule has 0 spiro atoms. The van der Waals surface area contributed by atoms with Crippen molar-refractivity contribution in [3.63, 3.8) is 0 Å². The zero-order valence-electron chi connectivity index (χ0n) is 16.6. The Morgan fingerprint density at radius 1 is 1.13 bits per heavy atom. The third kappa shape index (κ3) is 3.74. The maximum Gasteiger partial charge on any atom is 0.218 e. The molecule has 148 valence electrons. The molecular formula is C25H22N4O. The molecule has 0 aliphatic heterocycles. The number of aromatic amines is 1. The van der Waals surface area contributed by atoms with E-state index < -0.39 is 0 Å². The first-order chi connectivity index (χ1) is 14.7. The minimum atomic E-state index is 0.0859. The molecule has 5 heteroatoms. The van der Waals surface area contributed by atoms with E-state index >= 15 is 0 Å². The SMILES string of the molecule is C=C(Cc1ccccc1)OC(=N)c1ccc2[nH]cc(-c3cncc(C4CC4)n3)c2c1. The van der Waals surface area contributed by atoms with Gasteiger partial charge in [0, 0.05) is 46.8 Å². The van der Waals surface area contributed by atoms with Gasteiger partial charge in [-0.1, -0.05) is 36.9 Å². The fraction of sp³-hybridized carbons (Fsp3) is 0.160. The van der Waals surface area contributed by atoms with Gasteiger partial charge in [-0.2, -0.15) is 0 Å². The van der Waals surface area contributed by atoms with Gasteiger partial charge >= 0.3 is 0 Å². The van der Waals surface area contributed by atoms with E-state index in [2.05, 4.69) is 16.5 Å². The zero-order chi connectivity index (χ0) is 20.5. The maximum absolute atomic E-state index is 8.41. The summed E-state index contributed by atoms with van der Waals surface area (Å²) >= 11 is 0. The molecule has 2 aromatic carbocycles. The highest BCUT2D eigenvalue weighted by Gasteiger charge is 2.25. The number of aromatic nitrogens is 3. The van der Waals surface area contributed by atoms with Gasteiger partial charge in [-0.25, -0.2) is 4.98 Å². The summed E-state index contributed by atoms with van der Waals surface area (Å²) in [5, 5.41) is 9.40. The van der Waals surface area contributed by atoms with Gasteiger partial charge in [-0.05, 0) is 36.6 Å². The number of nitrogens with one attached hydrogen (secondary N) is 2. The lowest BCUT2D eigenvalue weighted by Crippen LogP contribution is -2.06. The molecule has 5 nitrogen and oxygen atoms in total. The van der Waals surface area contributed by atoms with Crippen molar-refractivity contribution in [1.82, 2.24) is 15.0 Å². The van der Waals surface area contributed by atoms with Gasteiger partial charge in [0.1, 0.15) is 5.76 Å². The molecule has 4 aromatic rings. The quantitative estimate of drug-likeness (QED) is 0.254. The molecule has 2 heterocycles. The van der Waals surface area contributed by atoms with Gasteiger partial charge in [0.05, 0.1) is 17.6 Å². The molecule has 1 fully saturated rings. The van der Waals surface area contributed by atoms with Crippen LogP contribution in [0, 0.1) is 5.41 Å². The number of fused-ring (bicyclic) bond motifs is 1. The van der Waals surface area contributed by atoms with E-state index in [9.17, 15) is 0 Å². The normalized spacial score (nSPS) is 13.3. The number of rotatable bonds is 6. The molecule has 0 saturated heterocycles. The van der Waals surface area contributed by atoms with Crippen molar-refractivity contribution in [3.8, 4) is 11.3 Å². The Labute approximate surface area is 175 Å². The van der Waals surface area contributed by atoms with Crippen LogP contribution in [0.4, 0.5) is 0 Å². The topological polar surface area (TPSA) is 74.7 Å². The third-order valence-corrected chi connectivity index (χ3v) is 5.36. The van der Waals surface area contributed by atoms with Crippen LogP contribution in [0.3, 0.4) is 0 Å². The summed E-state index contributed by atoms with van der Waals surface area (Å²) in [4.78, 5) is 12.5. The highest BCUT2D eigenvalue weighted by atomic mass is 16.5. The van der Waals surface area contributed by atoms with Crippen molar-refractivity contribution < 1.29 is 4.74 Å². The summed E-state index contributed by atoms with van der Waals surface area (Å²) in [5.41, 5.74) is 5.69. The lowest BCUT2D eigenvalue weighted by molar-refractivity contribution is 0.403. The van der Waals surface area contributed by atoms with Gasteiger partial charge in [-0.3, -0.25) is 10.4 Å². The summed E-state index contributed by atoms with van der Waals surface area (Å²) < 4.78 is 5.72. The first kappa shape index (κ1) is 18.3. The van der Waals surface area contributed by atoms with Crippen LogP contribution in [-0.2, 0) is 11.2 Å². The van der Waals surface area contributed by atoms with Crippen LogP contribution in [-0.4, -0.2) is 20.8 Å². The minimum absolute atomic E-state index is 0.0859. The Balaban J connectivity index is 1.39. The molecule has 0 bridgehead atoms. The minimum Gasteiger partial charge on any atom is -0.444 e. The van der Waals surface area contributed by atoms with Gasteiger partial charge in [0.2, 0.25) is 5.90 Å². The fourth-order valence-corrected chi connectivity index (χ4v) is 3.62. The average Bonchev–Trinajstić information content (AvgIpc) is 3.53. The number of allylic oxidation sites excluding steroid dienone is 1. The second kappa shape index (κ2) is 7.59. The van der Waals surface area contributed by atoms with E-state index in [0.29, 0.717) is 23.7 Å². The van der Waals surface area contributed by atoms with Gasteiger partial charge in [0.15, 0.2) is 0 Å². The van der Waals surface area contributed by atoms with Gasteiger partial charge in [0.25, 0.3) is 0 Å². The molecule has 2 N–H and O–H groups in total. The Hall–Kier alpha value is -3.73. The number of hydrogen-bond donors (Lipinski definition) is 2. The summed E-state index contributed by atoms with van der Waals surface area (Å²) in [7, 11) is 0. The highest BCUT2D eigenvalue weighted by Crippen LogP contribution is 2.39. The first-order valence-corrected chi connectivity index (χ1v) is 10.1. The van der Waals surface area contributed by atoms with Crippen molar-refractivity contribution >= 4 is 16.8 Å². The number of H-pyrrole nitrogens is 1. The van der Waals surface area contributed by atoms with Crippen LogP contribution >= 0.6 is 0 Å². The molecule has 0 unspecified atom stereocenters. The van der Waals surface area contributed by atoms with E-state index in [1.54, 1.807) is 6.20 Å². The Morgan fingerprint density at radius 3 is 2.77 bits per heavy atom. The number of benzene rings is 2. The third-order valence-electron chi connectivity index (χ3n) is 5.36. The second-order valence-corrected chi connectivity index (χ2v) is 7.70. The predicted molar refractivity (Wildman–Crippen MR) is 118 cm³/mol. The van der Waals surface area contributed by atoms with Crippen LogP contribution in [0.15, 0.2) is 79.5 Å². The van der Waals surface area contributed by atoms with E-state index in [1.807, 2.05) is 60.9 Å². The molecular weight excluding hydrogens is 372 g/mol. The van der Waals surface area contributed by atoms with Crippen LogP contribution in [0.5, 0.6) is 0 Å². The monoisotopic (exact) mass is 394 g/mol. The number of hydrogen-bond acceptors (Lipinski definition) is 4. The van der Waals surface area contributed by atoms with Crippen LogP contribution in [0.2, 0.25) is 0 Å². The molecule has 0 atom stereocenters. The predicted octanol–water partition coefficient (Wildman–Crippen LogP) is 5.60. The van der Waals surface area contributed by atoms with Crippen molar-refractivity contribution in [2.24, 2.45) is 0 Å². The lowest BCUT2D eigenvalue weighted by atomic mass is 10.1. The largest absolute Gasteiger partial charge is 0.444 e. The molecule has 1 aliphatic carbocycles. The van der Waals surface area contributed by atoms with E-state index in [4.69, 9.17) is 15.1 Å². The summed E-state index contributed by atoms with van der Waals surface area (Å²) in [6.45, 7) is 3.98. The Bertz CT molecular complexity index is 1240. The van der Waals surface area contributed by atoms with E-state index in [0.717, 1.165) is 33.4 Å². The Morgan fingerprint density at radius 2 is 1.97 bits per heavy atom. The summed E-state index contributed by atoms with van der Waals surface area (Å²) in [5.74, 6) is 1.18. The fourth-order valence-electron chi connectivity index (χ4n) is 3.62. The van der Waals surface area contributed by atoms with E-state index in [-0.39, 0.29) is 5.90 Å². The Kier molecular flexibility index (Phi) is 4.64. The molecule has 30 heavy (non-hydrogen) atoms. The lowest BCUT2D eigenvalue weighted by Gasteiger charge is -2.10. The molecule has 1 saturated carbocycles. The molecule has 0 radical (unpaired) electrons. The second-order valence-electron chi connectivity index (χ2n) is 7.70. The maximum atomic E-state index is 8.41. The molecule has 5 rings (SSSR count). The van der Waals surface area contributed by atoms with Gasteiger partial charge in [-0.15, -0.1) is 0 Å². The molecule has 1 aliphatic rings.